The summed E-state index contributed by atoms with van der Waals surface area (Å²) >= 11 is 0. The van der Waals surface area contributed by atoms with Gasteiger partial charge in [-0.05, 0) is 53.9 Å². The van der Waals surface area contributed by atoms with E-state index >= 15 is 0 Å². The van der Waals surface area contributed by atoms with Crippen LogP contribution in [0.1, 0.15) is 67.8 Å². The fourth-order valence-corrected chi connectivity index (χ4v) is 4.45. The molecule has 0 amide bonds. The molecule has 1 fully saturated rings. The molecule has 1 aromatic heterocycles. The number of rotatable bonds is 5. The smallest absolute Gasteiger partial charge is 0.370 e. The zero-order valence-electron chi connectivity index (χ0n) is 20.1. The van der Waals surface area contributed by atoms with Gasteiger partial charge in [-0.1, -0.05) is 62.3 Å². The average Bonchev–Trinajstić information content (AvgIpc) is 3.46. The third kappa shape index (κ3) is 5.49. The van der Waals surface area contributed by atoms with Crippen LogP contribution in [0.3, 0.4) is 0 Å². The number of likely N-dealkylation sites (tertiary alicyclic amines) is 1. The number of hydrogen-bond acceptors (Lipinski definition) is 4. The molecule has 4 rings (SSSR count). The molecule has 0 aliphatic carbocycles. The number of halogens is 3. The topological polar surface area (TPSA) is 92.0 Å². The van der Waals surface area contributed by atoms with Gasteiger partial charge in [-0.25, -0.2) is 0 Å². The third-order valence-corrected chi connectivity index (χ3v) is 6.47. The summed E-state index contributed by atoms with van der Waals surface area (Å²) in [4.78, 5) is 5.98. The number of nitrogens with two attached hydrogens (primary N) is 1. The Labute approximate surface area is 202 Å². The van der Waals surface area contributed by atoms with Crippen LogP contribution in [-0.2, 0) is 24.4 Å². The summed E-state index contributed by atoms with van der Waals surface area (Å²) in [6.45, 7) is 6.97. The van der Waals surface area contributed by atoms with Crippen molar-refractivity contribution in [1.82, 2.24) is 15.0 Å². The monoisotopic (exact) mass is 485 g/mol. The van der Waals surface area contributed by atoms with Gasteiger partial charge in [0.1, 0.15) is 6.04 Å². The Morgan fingerprint density at radius 1 is 1.11 bits per heavy atom. The standard InChI is InChI=1S/C26H30F3N5O/c1-25(2,3)19-12-7-16(8-13-19)6-9-17-10-11-18(15-20(17)26(27,28)29)22-32-23(35-33-22)21-5-4-14-34(21)24(30)31/h7-8,10-13,15,21H,4-6,9,14H2,1-3H3,(H3,30,31). The molecule has 35 heavy (non-hydrogen) atoms. The molecule has 3 aromatic rings. The Morgan fingerprint density at radius 2 is 1.83 bits per heavy atom. The van der Waals surface area contributed by atoms with E-state index in [9.17, 15) is 13.2 Å². The molecule has 0 spiro atoms. The van der Waals surface area contributed by atoms with Crippen LogP contribution in [0.15, 0.2) is 47.0 Å². The molecule has 2 aromatic carbocycles. The Bertz CT molecular complexity index is 1190. The van der Waals surface area contributed by atoms with Crippen LogP contribution in [-0.4, -0.2) is 27.5 Å². The molecule has 9 heteroatoms. The SMILES string of the molecule is CC(C)(C)c1ccc(CCc2ccc(-c3noc(C4CCCN4C(=N)N)n3)cc2C(F)(F)F)cc1. The predicted octanol–water partition coefficient (Wildman–Crippen LogP) is 5.87. The van der Waals surface area contributed by atoms with Crippen molar-refractivity contribution < 1.29 is 17.7 Å². The van der Waals surface area contributed by atoms with E-state index in [-0.39, 0.29) is 46.7 Å². The van der Waals surface area contributed by atoms with Crippen molar-refractivity contribution in [3.05, 3.63) is 70.6 Å². The van der Waals surface area contributed by atoms with Crippen LogP contribution in [0, 0.1) is 5.41 Å². The number of aryl methyl sites for hydroxylation is 2. The molecule has 1 aliphatic rings. The fourth-order valence-electron chi connectivity index (χ4n) is 4.45. The number of alkyl halides is 3. The van der Waals surface area contributed by atoms with E-state index < -0.39 is 11.7 Å². The maximum absolute atomic E-state index is 13.9. The minimum atomic E-state index is -4.51. The molecular weight excluding hydrogens is 455 g/mol. The van der Waals surface area contributed by atoms with E-state index in [4.69, 9.17) is 15.7 Å². The molecule has 1 saturated heterocycles. The Hall–Kier alpha value is -3.36. The number of aromatic nitrogens is 2. The van der Waals surface area contributed by atoms with Crippen LogP contribution in [0.2, 0.25) is 0 Å². The first-order valence-corrected chi connectivity index (χ1v) is 11.7. The largest absolute Gasteiger partial charge is 0.416 e. The molecule has 2 heterocycles. The lowest BCUT2D eigenvalue weighted by atomic mass is 9.86. The molecule has 3 N–H and O–H groups in total. The van der Waals surface area contributed by atoms with Gasteiger partial charge in [0.05, 0.1) is 5.56 Å². The minimum absolute atomic E-state index is 0.0228. The van der Waals surface area contributed by atoms with Crippen LogP contribution >= 0.6 is 0 Å². The fraction of sp³-hybridized carbons (Fsp3) is 0.423. The quantitative estimate of drug-likeness (QED) is 0.348. The van der Waals surface area contributed by atoms with Crippen molar-refractivity contribution in [3.63, 3.8) is 0 Å². The van der Waals surface area contributed by atoms with E-state index in [1.165, 1.54) is 11.6 Å². The molecular formula is C26H30F3N5O. The normalized spacial score (nSPS) is 16.6. The van der Waals surface area contributed by atoms with E-state index in [0.717, 1.165) is 18.1 Å². The Kier molecular flexibility index (Phi) is 6.62. The number of hydrogen-bond donors (Lipinski definition) is 2. The van der Waals surface area contributed by atoms with Gasteiger partial charge in [0.25, 0.3) is 0 Å². The third-order valence-electron chi connectivity index (χ3n) is 6.47. The summed E-state index contributed by atoms with van der Waals surface area (Å²) < 4.78 is 47.2. The van der Waals surface area contributed by atoms with Crippen molar-refractivity contribution in [2.24, 2.45) is 5.73 Å². The lowest BCUT2D eigenvalue weighted by molar-refractivity contribution is -0.138. The van der Waals surface area contributed by atoms with Gasteiger partial charge in [-0.3, -0.25) is 5.41 Å². The van der Waals surface area contributed by atoms with Gasteiger partial charge in [0.15, 0.2) is 5.96 Å². The van der Waals surface area contributed by atoms with E-state index in [1.807, 2.05) is 24.3 Å². The van der Waals surface area contributed by atoms with Gasteiger partial charge in [-0.15, -0.1) is 0 Å². The molecule has 0 saturated carbocycles. The molecule has 186 valence electrons. The van der Waals surface area contributed by atoms with E-state index in [1.54, 1.807) is 11.0 Å². The number of guanidine groups is 1. The summed E-state index contributed by atoms with van der Waals surface area (Å²) in [5.74, 6) is 0.248. The highest BCUT2D eigenvalue weighted by Crippen LogP contribution is 2.36. The molecule has 6 nitrogen and oxygen atoms in total. The zero-order chi connectivity index (χ0) is 25.4. The lowest BCUT2D eigenvalue weighted by Crippen LogP contribution is -2.35. The second-order valence-electron chi connectivity index (χ2n) is 10.0. The summed E-state index contributed by atoms with van der Waals surface area (Å²) in [6, 6.07) is 11.9. The van der Waals surface area contributed by atoms with Crippen LogP contribution in [0.25, 0.3) is 11.4 Å². The molecule has 1 unspecified atom stereocenters. The zero-order valence-corrected chi connectivity index (χ0v) is 20.1. The highest BCUT2D eigenvalue weighted by Gasteiger charge is 2.35. The first-order valence-electron chi connectivity index (χ1n) is 11.7. The van der Waals surface area contributed by atoms with Gasteiger partial charge in [0.2, 0.25) is 11.7 Å². The second kappa shape index (κ2) is 9.36. The van der Waals surface area contributed by atoms with Gasteiger partial charge in [-0.2, -0.15) is 18.2 Å². The van der Waals surface area contributed by atoms with Crippen molar-refractivity contribution >= 4 is 5.96 Å². The van der Waals surface area contributed by atoms with Crippen LogP contribution in [0.4, 0.5) is 13.2 Å². The second-order valence-corrected chi connectivity index (χ2v) is 10.0. The highest BCUT2D eigenvalue weighted by molar-refractivity contribution is 5.75. The molecule has 1 atom stereocenters. The first kappa shape index (κ1) is 24.8. The van der Waals surface area contributed by atoms with Gasteiger partial charge in [0, 0.05) is 12.1 Å². The number of nitrogens with zero attached hydrogens (tertiary/aromatic N) is 3. The van der Waals surface area contributed by atoms with Gasteiger partial charge >= 0.3 is 6.18 Å². The summed E-state index contributed by atoms with van der Waals surface area (Å²) in [6.07, 6.45) is -2.25. The Morgan fingerprint density at radius 3 is 2.46 bits per heavy atom. The molecule has 1 aliphatic heterocycles. The van der Waals surface area contributed by atoms with Crippen molar-refractivity contribution in [3.8, 4) is 11.4 Å². The maximum Gasteiger partial charge on any atom is 0.416 e. The minimum Gasteiger partial charge on any atom is -0.370 e. The summed E-state index contributed by atoms with van der Waals surface area (Å²) in [5, 5.41) is 11.6. The van der Waals surface area contributed by atoms with E-state index in [2.05, 4.69) is 30.9 Å². The van der Waals surface area contributed by atoms with Crippen molar-refractivity contribution in [2.75, 3.05) is 6.54 Å². The first-order chi connectivity index (χ1) is 16.4. The number of nitrogens with one attached hydrogen (secondary N) is 1. The van der Waals surface area contributed by atoms with E-state index in [0.29, 0.717) is 19.4 Å². The number of benzene rings is 2. The summed E-state index contributed by atoms with van der Waals surface area (Å²) in [5.41, 5.74) is 7.58. The van der Waals surface area contributed by atoms with Crippen molar-refractivity contribution in [1.29, 1.82) is 5.41 Å². The average molecular weight is 486 g/mol. The van der Waals surface area contributed by atoms with Crippen LogP contribution in [0.5, 0.6) is 0 Å². The maximum atomic E-state index is 13.9. The molecule has 0 bridgehead atoms. The molecule has 0 radical (unpaired) electrons. The van der Waals surface area contributed by atoms with Crippen LogP contribution < -0.4 is 5.73 Å². The Balaban J connectivity index is 1.55. The lowest BCUT2D eigenvalue weighted by Gasteiger charge is -2.21. The van der Waals surface area contributed by atoms with Crippen molar-refractivity contribution in [2.45, 2.75) is 64.1 Å². The summed E-state index contributed by atoms with van der Waals surface area (Å²) in [7, 11) is 0. The van der Waals surface area contributed by atoms with Gasteiger partial charge < -0.3 is 15.2 Å². The highest BCUT2D eigenvalue weighted by atomic mass is 19.4. The predicted molar refractivity (Wildman–Crippen MR) is 128 cm³/mol.